The summed E-state index contributed by atoms with van der Waals surface area (Å²) in [4.78, 5) is 23.5. The molecule has 88 valence electrons. The van der Waals surface area contributed by atoms with Crippen LogP contribution in [0.3, 0.4) is 0 Å². The summed E-state index contributed by atoms with van der Waals surface area (Å²) in [6.07, 6.45) is 4.78. The van der Waals surface area contributed by atoms with Crippen LogP contribution in [0.15, 0.2) is 0 Å². The molecule has 0 amide bonds. The van der Waals surface area contributed by atoms with Crippen LogP contribution in [0.5, 0.6) is 0 Å². The molecule has 0 bridgehead atoms. The van der Waals surface area contributed by atoms with Crippen LogP contribution in [0.4, 0.5) is 0 Å². The van der Waals surface area contributed by atoms with E-state index in [-0.39, 0.29) is 23.9 Å². The SMILES string of the molecule is CC1OC(=O)C2CC3C(=O)CCCC3CC12. The normalized spacial score (nSPS) is 47.2. The fraction of sp³-hybridized carbons (Fsp3) is 0.846. The first-order valence-electron chi connectivity index (χ1n) is 6.40. The zero-order chi connectivity index (χ0) is 11.3. The summed E-state index contributed by atoms with van der Waals surface area (Å²) in [5.41, 5.74) is 0. The molecule has 5 atom stereocenters. The van der Waals surface area contributed by atoms with Gasteiger partial charge >= 0.3 is 5.97 Å². The number of fused-ring (bicyclic) bond motifs is 2. The molecule has 3 rings (SSSR count). The van der Waals surface area contributed by atoms with Crippen molar-refractivity contribution in [2.24, 2.45) is 23.7 Å². The fourth-order valence-corrected chi connectivity index (χ4v) is 3.90. The Kier molecular flexibility index (Phi) is 2.30. The number of carbonyl (C=O) groups excluding carboxylic acids is 2. The third-order valence-corrected chi connectivity index (χ3v) is 4.79. The molecule has 3 heteroatoms. The summed E-state index contributed by atoms with van der Waals surface area (Å²) in [7, 11) is 0. The molecule has 0 spiro atoms. The lowest BCUT2D eigenvalue weighted by molar-refractivity contribution is -0.144. The number of esters is 1. The molecule has 1 aliphatic heterocycles. The van der Waals surface area contributed by atoms with E-state index in [9.17, 15) is 9.59 Å². The van der Waals surface area contributed by atoms with Crippen molar-refractivity contribution in [1.82, 2.24) is 0 Å². The van der Waals surface area contributed by atoms with Crippen molar-refractivity contribution in [1.29, 1.82) is 0 Å². The molecule has 0 radical (unpaired) electrons. The van der Waals surface area contributed by atoms with Crippen LogP contribution in [0.1, 0.15) is 39.0 Å². The number of hydrogen-bond acceptors (Lipinski definition) is 3. The molecule has 0 aromatic heterocycles. The molecule has 16 heavy (non-hydrogen) atoms. The van der Waals surface area contributed by atoms with Gasteiger partial charge in [-0.3, -0.25) is 9.59 Å². The van der Waals surface area contributed by atoms with E-state index in [0.717, 1.165) is 25.7 Å². The second kappa shape index (κ2) is 3.57. The van der Waals surface area contributed by atoms with Gasteiger partial charge in [-0.1, -0.05) is 0 Å². The molecule has 0 aromatic carbocycles. The third kappa shape index (κ3) is 1.40. The Morgan fingerprint density at radius 3 is 2.81 bits per heavy atom. The quantitative estimate of drug-likeness (QED) is 0.588. The molecule has 3 nitrogen and oxygen atoms in total. The summed E-state index contributed by atoms with van der Waals surface area (Å²) in [6, 6.07) is 0. The number of cyclic esters (lactones) is 1. The van der Waals surface area contributed by atoms with Crippen molar-refractivity contribution in [2.75, 3.05) is 0 Å². The Balaban J connectivity index is 1.83. The summed E-state index contributed by atoms with van der Waals surface area (Å²) in [6.45, 7) is 1.99. The minimum atomic E-state index is -0.0608. The molecule has 2 aliphatic carbocycles. The maximum atomic E-state index is 11.9. The fourth-order valence-electron chi connectivity index (χ4n) is 3.90. The van der Waals surface area contributed by atoms with E-state index in [2.05, 4.69) is 0 Å². The lowest BCUT2D eigenvalue weighted by atomic mass is 9.63. The molecule has 0 N–H and O–H groups in total. The van der Waals surface area contributed by atoms with E-state index in [1.54, 1.807) is 0 Å². The Hall–Kier alpha value is -0.860. The molecule has 0 aromatic rings. The van der Waals surface area contributed by atoms with Crippen LogP contribution < -0.4 is 0 Å². The van der Waals surface area contributed by atoms with Crippen molar-refractivity contribution in [3.63, 3.8) is 0 Å². The number of ketones is 1. The molecule has 1 heterocycles. The molecule has 3 aliphatic rings. The highest BCUT2D eigenvalue weighted by molar-refractivity contribution is 5.84. The van der Waals surface area contributed by atoms with Gasteiger partial charge in [0, 0.05) is 18.3 Å². The van der Waals surface area contributed by atoms with Crippen molar-refractivity contribution in [2.45, 2.75) is 45.1 Å². The van der Waals surface area contributed by atoms with Crippen molar-refractivity contribution >= 4 is 11.8 Å². The maximum absolute atomic E-state index is 11.9. The van der Waals surface area contributed by atoms with E-state index in [0.29, 0.717) is 17.6 Å². The topological polar surface area (TPSA) is 43.4 Å². The first-order valence-corrected chi connectivity index (χ1v) is 6.40. The van der Waals surface area contributed by atoms with Crippen LogP contribution in [0.2, 0.25) is 0 Å². The van der Waals surface area contributed by atoms with E-state index in [4.69, 9.17) is 4.74 Å². The van der Waals surface area contributed by atoms with Crippen LogP contribution in [0, 0.1) is 23.7 Å². The van der Waals surface area contributed by atoms with Crippen LogP contribution in [-0.2, 0) is 14.3 Å². The first-order chi connectivity index (χ1) is 7.66. The summed E-state index contributed by atoms with van der Waals surface area (Å²) in [5, 5.41) is 0. The van der Waals surface area contributed by atoms with E-state index in [1.807, 2.05) is 6.92 Å². The van der Waals surface area contributed by atoms with Gasteiger partial charge in [0.25, 0.3) is 0 Å². The van der Waals surface area contributed by atoms with Gasteiger partial charge in [-0.2, -0.15) is 0 Å². The van der Waals surface area contributed by atoms with Gasteiger partial charge in [0.2, 0.25) is 0 Å². The number of rotatable bonds is 0. The summed E-state index contributed by atoms with van der Waals surface area (Å²) < 4.78 is 5.30. The Morgan fingerprint density at radius 1 is 1.19 bits per heavy atom. The summed E-state index contributed by atoms with van der Waals surface area (Å²) >= 11 is 0. The molecule has 1 saturated heterocycles. The van der Waals surface area contributed by atoms with E-state index < -0.39 is 0 Å². The number of carbonyl (C=O) groups is 2. The Bertz CT molecular complexity index is 328. The van der Waals surface area contributed by atoms with E-state index in [1.165, 1.54) is 6.42 Å². The van der Waals surface area contributed by atoms with Crippen LogP contribution in [-0.4, -0.2) is 17.9 Å². The average molecular weight is 222 g/mol. The molecule has 5 unspecified atom stereocenters. The largest absolute Gasteiger partial charge is 0.462 e. The lowest BCUT2D eigenvalue weighted by Gasteiger charge is -2.39. The Labute approximate surface area is 95.5 Å². The second-order valence-corrected chi connectivity index (χ2v) is 5.61. The van der Waals surface area contributed by atoms with Crippen LogP contribution >= 0.6 is 0 Å². The smallest absolute Gasteiger partial charge is 0.309 e. The van der Waals surface area contributed by atoms with Gasteiger partial charge in [0.05, 0.1) is 5.92 Å². The molecular formula is C13H18O3. The van der Waals surface area contributed by atoms with Gasteiger partial charge in [-0.25, -0.2) is 0 Å². The first kappa shape index (κ1) is 10.3. The predicted molar refractivity (Wildman–Crippen MR) is 57.6 cm³/mol. The van der Waals surface area contributed by atoms with Crippen LogP contribution in [0.25, 0.3) is 0 Å². The third-order valence-electron chi connectivity index (χ3n) is 4.79. The number of hydrogen-bond donors (Lipinski definition) is 0. The second-order valence-electron chi connectivity index (χ2n) is 5.61. The highest BCUT2D eigenvalue weighted by Gasteiger charge is 2.50. The monoisotopic (exact) mass is 222 g/mol. The highest BCUT2D eigenvalue weighted by atomic mass is 16.6. The van der Waals surface area contributed by atoms with Gasteiger partial charge in [0.1, 0.15) is 11.9 Å². The van der Waals surface area contributed by atoms with Crippen molar-refractivity contribution in [3.8, 4) is 0 Å². The maximum Gasteiger partial charge on any atom is 0.309 e. The standard InChI is InChI=1S/C13H18O3/c1-7-9-5-8-3-2-4-12(14)10(8)6-11(9)13(15)16-7/h7-11H,2-6H2,1H3. The highest BCUT2D eigenvalue weighted by Crippen LogP contribution is 2.48. The van der Waals surface area contributed by atoms with Gasteiger partial charge in [-0.15, -0.1) is 0 Å². The van der Waals surface area contributed by atoms with E-state index >= 15 is 0 Å². The average Bonchev–Trinajstić information content (AvgIpc) is 2.53. The number of ether oxygens (including phenoxy) is 1. The molecular weight excluding hydrogens is 204 g/mol. The van der Waals surface area contributed by atoms with Gasteiger partial charge in [0.15, 0.2) is 0 Å². The number of Topliss-reactive ketones (excluding diaryl/α,β-unsaturated/α-hetero) is 1. The van der Waals surface area contributed by atoms with Crippen molar-refractivity contribution < 1.29 is 14.3 Å². The minimum absolute atomic E-state index is 0.0123. The minimum Gasteiger partial charge on any atom is -0.462 e. The predicted octanol–water partition coefficient (Wildman–Crippen LogP) is 1.94. The molecule has 3 fully saturated rings. The lowest BCUT2D eigenvalue weighted by Crippen LogP contribution is -2.39. The van der Waals surface area contributed by atoms with Gasteiger partial charge in [-0.05, 0) is 38.5 Å². The molecule has 2 saturated carbocycles. The zero-order valence-electron chi connectivity index (χ0n) is 9.65. The van der Waals surface area contributed by atoms with Gasteiger partial charge < -0.3 is 4.74 Å². The summed E-state index contributed by atoms with van der Waals surface area (Å²) in [5.74, 6) is 1.40. The van der Waals surface area contributed by atoms with Crippen molar-refractivity contribution in [3.05, 3.63) is 0 Å². The Morgan fingerprint density at radius 2 is 2.00 bits per heavy atom. The zero-order valence-corrected chi connectivity index (χ0v) is 9.65.